The van der Waals surface area contributed by atoms with Crippen molar-refractivity contribution in [2.24, 2.45) is 23.3 Å². The average Bonchev–Trinajstić information content (AvgIpc) is 2.60. The van der Waals surface area contributed by atoms with Crippen LogP contribution in [0.25, 0.3) is 0 Å². The second-order valence-electron chi connectivity index (χ2n) is 8.10. The molecule has 0 aliphatic rings. The monoisotopic (exact) mass is 429 g/mol. The number of primary amides is 1. The number of rotatable bonds is 13. The second-order valence-corrected chi connectivity index (χ2v) is 8.10. The first-order chi connectivity index (χ1) is 13.8. The average molecular weight is 430 g/mol. The summed E-state index contributed by atoms with van der Waals surface area (Å²) in [5, 5.41) is 16.5. The summed E-state index contributed by atoms with van der Waals surface area (Å²) >= 11 is 0. The summed E-state index contributed by atoms with van der Waals surface area (Å²) < 4.78 is 0. The number of nitrogens with two attached hydrogens (primary N) is 2. The van der Waals surface area contributed by atoms with Crippen LogP contribution in [0.2, 0.25) is 0 Å². The molecule has 8 N–H and O–H groups in total. The van der Waals surface area contributed by atoms with Gasteiger partial charge in [0.15, 0.2) is 0 Å². The van der Waals surface area contributed by atoms with Gasteiger partial charge in [0.1, 0.15) is 18.1 Å². The number of amides is 4. The molecule has 0 fully saturated rings. The summed E-state index contributed by atoms with van der Waals surface area (Å²) in [7, 11) is 0. The molecule has 172 valence electrons. The molecule has 11 heteroatoms. The van der Waals surface area contributed by atoms with Crippen LogP contribution in [0.5, 0.6) is 0 Å². The highest BCUT2D eigenvalue weighted by Crippen LogP contribution is 2.06. The van der Waals surface area contributed by atoms with Crippen molar-refractivity contribution < 1.29 is 29.1 Å². The van der Waals surface area contributed by atoms with Gasteiger partial charge in [0, 0.05) is 6.42 Å². The quantitative estimate of drug-likeness (QED) is 0.212. The lowest BCUT2D eigenvalue weighted by molar-refractivity contribution is -0.143. The molecule has 4 unspecified atom stereocenters. The Morgan fingerprint density at radius 2 is 1.43 bits per heavy atom. The van der Waals surface area contributed by atoms with Crippen molar-refractivity contribution in [3.8, 4) is 0 Å². The first-order valence-corrected chi connectivity index (χ1v) is 9.94. The van der Waals surface area contributed by atoms with Crippen molar-refractivity contribution >= 4 is 29.6 Å². The predicted octanol–water partition coefficient (Wildman–Crippen LogP) is -1.16. The fourth-order valence-corrected chi connectivity index (χ4v) is 2.62. The largest absolute Gasteiger partial charge is 0.480 e. The molecule has 0 aromatic carbocycles. The molecule has 0 saturated carbocycles. The fraction of sp³-hybridized carbons (Fsp3) is 0.737. The Balaban J connectivity index is 5.15. The summed E-state index contributed by atoms with van der Waals surface area (Å²) in [6, 6.07) is -4.15. The maximum atomic E-state index is 12.5. The zero-order valence-electron chi connectivity index (χ0n) is 18.2. The van der Waals surface area contributed by atoms with Gasteiger partial charge in [-0.1, -0.05) is 27.7 Å². The lowest BCUT2D eigenvalue weighted by Gasteiger charge is -2.25. The van der Waals surface area contributed by atoms with Crippen LogP contribution in [0.15, 0.2) is 0 Å². The van der Waals surface area contributed by atoms with Crippen LogP contribution in [0.1, 0.15) is 53.9 Å². The van der Waals surface area contributed by atoms with Crippen LogP contribution in [0.3, 0.4) is 0 Å². The zero-order valence-corrected chi connectivity index (χ0v) is 18.2. The molecule has 0 aromatic heterocycles. The minimum Gasteiger partial charge on any atom is -0.480 e. The van der Waals surface area contributed by atoms with E-state index < -0.39 is 59.7 Å². The van der Waals surface area contributed by atoms with Crippen LogP contribution in [-0.4, -0.2) is 58.9 Å². The lowest BCUT2D eigenvalue weighted by atomic mass is 10.0. The molecule has 4 atom stereocenters. The maximum absolute atomic E-state index is 12.5. The van der Waals surface area contributed by atoms with E-state index in [1.165, 1.54) is 6.92 Å². The van der Waals surface area contributed by atoms with E-state index >= 15 is 0 Å². The van der Waals surface area contributed by atoms with E-state index in [0.29, 0.717) is 6.42 Å². The summed E-state index contributed by atoms with van der Waals surface area (Å²) in [4.78, 5) is 59.5. The number of hydrogen-bond acceptors (Lipinski definition) is 6. The van der Waals surface area contributed by atoms with Crippen LogP contribution in [0.4, 0.5) is 0 Å². The van der Waals surface area contributed by atoms with E-state index in [4.69, 9.17) is 11.5 Å². The Labute approximate surface area is 176 Å². The zero-order chi connectivity index (χ0) is 23.6. The lowest BCUT2D eigenvalue weighted by Crippen LogP contribution is -2.57. The van der Waals surface area contributed by atoms with Crippen LogP contribution in [0, 0.1) is 11.8 Å². The normalized spacial score (nSPS) is 15.1. The van der Waals surface area contributed by atoms with Gasteiger partial charge < -0.3 is 32.5 Å². The molecular formula is C19H35N5O6. The second kappa shape index (κ2) is 12.8. The van der Waals surface area contributed by atoms with Crippen molar-refractivity contribution in [2.45, 2.75) is 78.0 Å². The third kappa shape index (κ3) is 10.2. The Morgan fingerprint density at radius 1 is 0.867 bits per heavy atom. The highest BCUT2D eigenvalue weighted by atomic mass is 16.4. The molecule has 0 saturated heterocycles. The molecule has 11 nitrogen and oxygen atoms in total. The van der Waals surface area contributed by atoms with Gasteiger partial charge in [-0.25, -0.2) is 4.79 Å². The van der Waals surface area contributed by atoms with E-state index in [0.717, 1.165) is 0 Å². The summed E-state index contributed by atoms with van der Waals surface area (Å²) in [5.74, 6) is -4.06. The number of nitrogens with one attached hydrogen (secondary N) is 3. The first-order valence-electron chi connectivity index (χ1n) is 9.94. The standard InChI is InChI=1S/C19H35N5O6/c1-9(2)8-12(20)17(27)22-11(5)16(26)23-13(6-7-14(21)25)18(28)24-15(10(3)4)19(29)30/h9-13,15H,6-8,20H2,1-5H3,(H2,21,25)(H,22,27)(H,23,26)(H,24,28)(H,29,30). The van der Waals surface area contributed by atoms with Gasteiger partial charge in [0.05, 0.1) is 6.04 Å². The van der Waals surface area contributed by atoms with E-state index in [9.17, 15) is 29.1 Å². The minimum atomic E-state index is -1.22. The van der Waals surface area contributed by atoms with Gasteiger partial charge in [-0.15, -0.1) is 0 Å². The highest BCUT2D eigenvalue weighted by molar-refractivity contribution is 5.94. The number of aliphatic carboxylic acids is 1. The molecule has 30 heavy (non-hydrogen) atoms. The van der Waals surface area contributed by atoms with Gasteiger partial charge >= 0.3 is 5.97 Å². The third-order valence-corrected chi connectivity index (χ3v) is 4.36. The topological polar surface area (TPSA) is 194 Å². The minimum absolute atomic E-state index is 0.120. The van der Waals surface area contributed by atoms with Crippen molar-refractivity contribution in [3.05, 3.63) is 0 Å². The molecule has 4 amide bonds. The number of hydrogen-bond donors (Lipinski definition) is 6. The van der Waals surface area contributed by atoms with E-state index in [-0.39, 0.29) is 18.8 Å². The molecule has 0 aromatic rings. The third-order valence-electron chi connectivity index (χ3n) is 4.36. The predicted molar refractivity (Wildman–Crippen MR) is 110 cm³/mol. The Bertz CT molecular complexity index is 637. The maximum Gasteiger partial charge on any atom is 0.326 e. The Kier molecular flexibility index (Phi) is 11.6. The van der Waals surface area contributed by atoms with E-state index in [1.807, 2.05) is 13.8 Å². The summed E-state index contributed by atoms with van der Waals surface area (Å²) in [6.45, 7) is 8.48. The van der Waals surface area contributed by atoms with Crippen molar-refractivity contribution in [1.29, 1.82) is 0 Å². The number of carbonyl (C=O) groups excluding carboxylic acids is 4. The van der Waals surface area contributed by atoms with Gasteiger partial charge in [-0.2, -0.15) is 0 Å². The molecule has 0 aliphatic heterocycles. The SMILES string of the molecule is CC(C)CC(N)C(=O)NC(C)C(=O)NC(CCC(N)=O)C(=O)NC(C(=O)O)C(C)C. The summed E-state index contributed by atoms with van der Waals surface area (Å²) in [5.41, 5.74) is 10.9. The van der Waals surface area contributed by atoms with Gasteiger partial charge in [-0.05, 0) is 31.6 Å². The number of carboxylic acids is 1. The van der Waals surface area contributed by atoms with Crippen LogP contribution in [-0.2, 0) is 24.0 Å². The molecule has 0 radical (unpaired) electrons. The van der Waals surface area contributed by atoms with E-state index in [2.05, 4.69) is 16.0 Å². The Hall–Kier alpha value is -2.69. The Morgan fingerprint density at radius 3 is 1.87 bits per heavy atom. The van der Waals surface area contributed by atoms with Gasteiger partial charge in [0.25, 0.3) is 0 Å². The van der Waals surface area contributed by atoms with Crippen molar-refractivity contribution in [3.63, 3.8) is 0 Å². The first kappa shape index (κ1) is 27.3. The van der Waals surface area contributed by atoms with Crippen LogP contribution >= 0.6 is 0 Å². The molecular weight excluding hydrogens is 394 g/mol. The van der Waals surface area contributed by atoms with Gasteiger partial charge in [0.2, 0.25) is 23.6 Å². The number of carboxylic acid groups (broad SMARTS) is 1. The molecule has 0 heterocycles. The van der Waals surface area contributed by atoms with Crippen molar-refractivity contribution in [2.75, 3.05) is 0 Å². The van der Waals surface area contributed by atoms with Crippen LogP contribution < -0.4 is 27.4 Å². The molecule has 0 aliphatic carbocycles. The van der Waals surface area contributed by atoms with Gasteiger partial charge in [-0.3, -0.25) is 19.2 Å². The molecule has 0 rings (SSSR count). The smallest absolute Gasteiger partial charge is 0.326 e. The molecule has 0 bridgehead atoms. The van der Waals surface area contributed by atoms with Crippen molar-refractivity contribution in [1.82, 2.24) is 16.0 Å². The fourth-order valence-electron chi connectivity index (χ4n) is 2.62. The molecule has 0 spiro atoms. The number of carbonyl (C=O) groups is 5. The summed E-state index contributed by atoms with van der Waals surface area (Å²) in [6.07, 6.45) is 0.123. The highest BCUT2D eigenvalue weighted by Gasteiger charge is 2.30. The van der Waals surface area contributed by atoms with E-state index in [1.54, 1.807) is 13.8 Å².